The fourth-order valence-electron chi connectivity index (χ4n) is 1.91. The highest BCUT2D eigenvalue weighted by molar-refractivity contribution is 5.67. The highest BCUT2D eigenvalue weighted by atomic mass is 16.6. The molecular formula is C16H25NO5. The quantitative estimate of drug-likeness (QED) is 0.773. The fraction of sp³-hybridized carbons (Fsp3) is 0.562. The molecule has 0 fully saturated rings. The van der Waals surface area contributed by atoms with Gasteiger partial charge in [0.05, 0.1) is 7.11 Å². The van der Waals surface area contributed by atoms with E-state index in [0.717, 1.165) is 5.56 Å². The summed E-state index contributed by atoms with van der Waals surface area (Å²) >= 11 is 0. The first-order valence-corrected chi connectivity index (χ1v) is 7.11. The summed E-state index contributed by atoms with van der Waals surface area (Å²) in [6, 6.07) is 5.31. The van der Waals surface area contributed by atoms with Crippen molar-refractivity contribution >= 4 is 6.09 Å². The maximum Gasteiger partial charge on any atom is 0.407 e. The van der Waals surface area contributed by atoms with Crippen molar-refractivity contribution in [3.8, 4) is 5.75 Å². The highest BCUT2D eigenvalue weighted by Crippen LogP contribution is 2.28. The number of aliphatic hydroxyl groups is 2. The number of hydrogen-bond donors (Lipinski definition) is 3. The third-order valence-corrected chi connectivity index (χ3v) is 2.92. The van der Waals surface area contributed by atoms with Gasteiger partial charge < -0.3 is 25.0 Å². The van der Waals surface area contributed by atoms with E-state index in [2.05, 4.69) is 5.32 Å². The molecule has 1 rings (SSSR count). The molecule has 1 aromatic rings. The zero-order valence-corrected chi connectivity index (χ0v) is 13.7. The van der Waals surface area contributed by atoms with Gasteiger partial charge >= 0.3 is 6.09 Å². The van der Waals surface area contributed by atoms with Crippen molar-refractivity contribution in [2.45, 2.75) is 45.5 Å². The van der Waals surface area contributed by atoms with E-state index in [9.17, 15) is 15.0 Å². The van der Waals surface area contributed by atoms with E-state index in [4.69, 9.17) is 9.47 Å². The number of carbonyl (C=O) groups is 1. The summed E-state index contributed by atoms with van der Waals surface area (Å²) in [7, 11) is 1.49. The second-order valence-corrected chi connectivity index (χ2v) is 6.14. The lowest BCUT2D eigenvalue weighted by atomic mass is 10.0. The number of amides is 1. The number of benzene rings is 1. The molecule has 2 atom stereocenters. The van der Waals surface area contributed by atoms with Gasteiger partial charge in [-0.05, 0) is 39.8 Å². The van der Waals surface area contributed by atoms with Crippen LogP contribution in [0.5, 0.6) is 5.75 Å². The molecule has 0 heterocycles. The monoisotopic (exact) mass is 311 g/mol. The van der Waals surface area contributed by atoms with E-state index in [1.807, 2.05) is 13.0 Å². The van der Waals surface area contributed by atoms with Crippen molar-refractivity contribution in [1.82, 2.24) is 5.32 Å². The van der Waals surface area contributed by atoms with Gasteiger partial charge in [-0.25, -0.2) is 4.79 Å². The van der Waals surface area contributed by atoms with Crippen LogP contribution in [0.15, 0.2) is 18.2 Å². The van der Waals surface area contributed by atoms with E-state index < -0.39 is 23.9 Å². The molecular weight excluding hydrogens is 286 g/mol. The van der Waals surface area contributed by atoms with Gasteiger partial charge in [-0.1, -0.05) is 11.6 Å². The minimum Gasteiger partial charge on any atom is -0.496 e. The lowest BCUT2D eigenvalue weighted by Gasteiger charge is -2.23. The van der Waals surface area contributed by atoms with Crippen molar-refractivity contribution < 1.29 is 24.5 Å². The Kier molecular flexibility index (Phi) is 6.20. The van der Waals surface area contributed by atoms with Crippen molar-refractivity contribution in [3.05, 3.63) is 29.3 Å². The Morgan fingerprint density at radius 1 is 1.32 bits per heavy atom. The van der Waals surface area contributed by atoms with Crippen LogP contribution in [0, 0.1) is 6.92 Å². The third kappa shape index (κ3) is 5.54. The van der Waals surface area contributed by atoms with E-state index in [-0.39, 0.29) is 6.54 Å². The maximum absolute atomic E-state index is 11.5. The van der Waals surface area contributed by atoms with Crippen LogP contribution < -0.4 is 10.1 Å². The number of carbonyl (C=O) groups excluding carboxylic acids is 1. The summed E-state index contributed by atoms with van der Waals surface area (Å²) in [6.07, 6.45) is -3.00. The Bertz CT molecular complexity index is 510. The molecule has 0 aliphatic carbocycles. The Morgan fingerprint density at radius 2 is 1.95 bits per heavy atom. The summed E-state index contributed by atoms with van der Waals surface area (Å²) in [5.41, 5.74) is 0.788. The summed E-state index contributed by atoms with van der Waals surface area (Å²) in [5, 5.41) is 22.7. The fourth-order valence-corrected chi connectivity index (χ4v) is 1.91. The molecule has 6 nitrogen and oxygen atoms in total. The first kappa shape index (κ1) is 18.3. The average molecular weight is 311 g/mol. The van der Waals surface area contributed by atoms with Crippen LogP contribution in [-0.2, 0) is 4.74 Å². The SMILES string of the molecule is COc1ccc(C)cc1C(O)C(O)CNC(=O)OC(C)(C)C. The standard InChI is InChI=1S/C16H25NO5/c1-10-6-7-13(21-5)11(8-10)14(19)12(18)9-17-15(20)22-16(2,3)4/h6-8,12,14,18-19H,9H2,1-5H3,(H,17,20). The molecule has 0 aliphatic rings. The van der Waals surface area contributed by atoms with Crippen molar-refractivity contribution in [2.75, 3.05) is 13.7 Å². The smallest absolute Gasteiger partial charge is 0.407 e. The average Bonchev–Trinajstić information content (AvgIpc) is 2.42. The topological polar surface area (TPSA) is 88.0 Å². The molecule has 0 aliphatic heterocycles. The van der Waals surface area contributed by atoms with Gasteiger partial charge in [0.15, 0.2) is 0 Å². The molecule has 3 N–H and O–H groups in total. The normalized spacial score (nSPS) is 14.1. The summed E-state index contributed by atoms with van der Waals surface area (Å²) < 4.78 is 10.3. The third-order valence-electron chi connectivity index (χ3n) is 2.92. The van der Waals surface area contributed by atoms with Gasteiger partial charge in [0.2, 0.25) is 0 Å². The Balaban J connectivity index is 2.68. The number of rotatable bonds is 5. The zero-order valence-electron chi connectivity index (χ0n) is 13.7. The first-order valence-electron chi connectivity index (χ1n) is 7.11. The van der Waals surface area contributed by atoms with Crippen LogP contribution in [-0.4, -0.2) is 41.7 Å². The van der Waals surface area contributed by atoms with Gasteiger partial charge in [-0.2, -0.15) is 0 Å². The Hall–Kier alpha value is -1.79. The van der Waals surface area contributed by atoms with Crippen LogP contribution in [0.25, 0.3) is 0 Å². The molecule has 0 aromatic heterocycles. The zero-order chi connectivity index (χ0) is 16.9. The summed E-state index contributed by atoms with van der Waals surface area (Å²) in [6.45, 7) is 6.98. The number of aliphatic hydroxyl groups excluding tert-OH is 2. The van der Waals surface area contributed by atoms with Crippen LogP contribution in [0.1, 0.15) is 38.0 Å². The molecule has 0 saturated carbocycles. The summed E-state index contributed by atoms with van der Waals surface area (Å²) in [4.78, 5) is 11.5. The summed E-state index contributed by atoms with van der Waals surface area (Å²) in [5.74, 6) is 0.481. The van der Waals surface area contributed by atoms with Crippen molar-refractivity contribution in [1.29, 1.82) is 0 Å². The molecule has 6 heteroatoms. The van der Waals surface area contributed by atoms with E-state index in [1.165, 1.54) is 7.11 Å². The maximum atomic E-state index is 11.5. The minimum atomic E-state index is -1.18. The predicted octanol–water partition coefficient (Wildman–Crippen LogP) is 1.92. The van der Waals surface area contributed by atoms with Crippen LogP contribution >= 0.6 is 0 Å². The lowest BCUT2D eigenvalue weighted by Crippen LogP contribution is -2.38. The molecule has 0 saturated heterocycles. The molecule has 0 spiro atoms. The molecule has 0 radical (unpaired) electrons. The Labute approximate surface area is 131 Å². The number of methoxy groups -OCH3 is 1. The number of ether oxygens (including phenoxy) is 2. The van der Waals surface area contributed by atoms with Crippen LogP contribution in [0.4, 0.5) is 4.79 Å². The van der Waals surface area contributed by atoms with Gasteiger partial charge in [0, 0.05) is 12.1 Å². The molecule has 2 unspecified atom stereocenters. The predicted molar refractivity (Wildman–Crippen MR) is 82.9 cm³/mol. The first-order chi connectivity index (χ1) is 10.1. The van der Waals surface area contributed by atoms with E-state index >= 15 is 0 Å². The molecule has 1 aromatic carbocycles. The molecule has 0 bridgehead atoms. The van der Waals surface area contributed by atoms with E-state index in [0.29, 0.717) is 11.3 Å². The van der Waals surface area contributed by atoms with E-state index in [1.54, 1.807) is 32.9 Å². The Morgan fingerprint density at radius 3 is 2.50 bits per heavy atom. The highest BCUT2D eigenvalue weighted by Gasteiger charge is 2.23. The van der Waals surface area contributed by atoms with Gasteiger partial charge in [0.1, 0.15) is 23.6 Å². The van der Waals surface area contributed by atoms with Crippen LogP contribution in [0.3, 0.4) is 0 Å². The molecule has 124 valence electrons. The second-order valence-electron chi connectivity index (χ2n) is 6.14. The molecule has 1 amide bonds. The number of hydrogen-bond acceptors (Lipinski definition) is 5. The largest absolute Gasteiger partial charge is 0.496 e. The number of aryl methyl sites for hydroxylation is 1. The lowest BCUT2D eigenvalue weighted by molar-refractivity contribution is 0.0119. The number of alkyl carbamates (subject to hydrolysis) is 1. The van der Waals surface area contributed by atoms with Gasteiger partial charge in [0.25, 0.3) is 0 Å². The molecule has 22 heavy (non-hydrogen) atoms. The van der Waals surface area contributed by atoms with Crippen molar-refractivity contribution in [2.24, 2.45) is 0 Å². The number of nitrogens with one attached hydrogen (secondary N) is 1. The van der Waals surface area contributed by atoms with Gasteiger partial charge in [-0.3, -0.25) is 0 Å². The minimum absolute atomic E-state index is 0.132. The second kappa shape index (κ2) is 7.47. The van der Waals surface area contributed by atoms with Gasteiger partial charge in [-0.15, -0.1) is 0 Å². The van der Waals surface area contributed by atoms with Crippen LogP contribution in [0.2, 0.25) is 0 Å². The van der Waals surface area contributed by atoms with Crippen molar-refractivity contribution in [3.63, 3.8) is 0 Å².